The zero-order chi connectivity index (χ0) is 32.1. The highest BCUT2D eigenvalue weighted by atomic mass is 35.5. The molecule has 0 radical (unpaired) electrons. The van der Waals surface area contributed by atoms with Crippen LogP contribution in [0.25, 0.3) is 11.1 Å². The highest BCUT2D eigenvalue weighted by Gasteiger charge is 2.30. The summed E-state index contributed by atoms with van der Waals surface area (Å²) < 4.78 is 3.78. The van der Waals surface area contributed by atoms with Gasteiger partial charge in [0.05, 0.1) is 32.8 Å². The average Bonchev–Trinajstić information content (AvgIpc) is 3.72. The van der Waals surface area contributed by atoms with Crippen LogP contribution in [0.2, 0.25) is 10.0 Å². The Kier molecular flexibility index (Phi) is 8.39. The van der Waals surface area contributed by atoms with Crippen molar-refractivity contribution in [1.29, 1.82) is 0 Å². The number of anilines is 2. The Labute approximate surface area is 278 Å². The first-order valence-corrected chi connectivity index (χ1v) is 16.7. The molecule has 4 aromatic rings. The Morgan fingerprint density at radius 3 is 1.74 bits per heavy atom. The van der Waals surface area contributed by atoms with Gasteiger partial charge in [-0.05, 0) is 37.4 Å². The minimum Gasteiger partial charge on any atom is -0.327 e. The number of imidazole rings is 2. The molecule has 0 spiro atoms. The van der Waals surface area contributed by atoms with E-state index in [9.17, 15) is 9.59 Å². The number of likely N-dealkylation sites (N-methyl/N-ethyl adjacent to an activating group) is 1. The average molecular weight is 662 g/mol. The lowest BCUT2D eigenvalue weighted by atomic mass is 10.0. The van der Waals surface area contributed by atoms with Gasteiger partial charge in [-0.25, -0.2) is 9.97 Å². The number of carbonyl (C=O) groups excluding carboxylic acids is 2. The van der Waals surface area contributed by atoms with Gasteiger partial charge in [0.2, 0.25) is 0 Å². The van der Waals surface area contributed by atoms with Crippen LogP contribution in [-0.4, -0.2) is 66.9 Å². The van der Waals surface area contributed by atoms with Crippen LogP contribution in [0.5, 0.6) is 0 Å². The number of hydrogen-bond acceptors (Lipinski definition) is 6. The van der Waals surface area contributed by atoms with Gasteiger partial charge in [0, 0.05) is 82.2 Å². The van der Waals surface area contributed by atoms with Gasteiger partial charge in [-0.15, -0.1) is 0 Å². The van der Waals surface area contributed by atoms with Gasteiger partial charge in [-0.2, -0.15) is 0 Å². The minimum absolute atomic E-state index is 0.323. The number of hydrogen-bond donors (Lipinski definition) is 2. The zero-order valence-corrected chi connectivity index (χ0v) is 27.9. The van der Waals surface area contributed by atoms with Crippen molar-refractivity contribution in [3.63, 3.8) is 0 Å². The van der Waals surface area contributed by atoms with Gasteiger partial charge in [0.25, 0.3) is 11.8 Å². The minimum atomic E-state index is -0.334. The summed E-state index contributed by atoms with van der Waals surface area (Å²) in [6.45, 7) is 7.61. The fourth-order valence-electron chi connectivity index (χ4n) is 6.69. The largest absolute Gasteiger partial charge is 0.327 e. The van der Waals surface area contributed by atoms with Crippen molar-refractivity contribution in [2.45, 2.75) is 45.7 Å². The summed E-state index contributed by atoms with van der Waals surface area (Å²) in [5.74, 6) is 0.863. The van der Waals surface area contributed by atoms with E-state index >= 15 is 0 Å². The van der Waals surface area contributed by atoms with E-state index in [0.29, 0.717) is 44.2 Å². The van der Waals surface area contributed by atoms with Gasteiger partial charge in [-0.1, -0.05) is 54.4 Å². The summed E-state index contributed by atoms with van der Waals surface area (Å²) in [7, 11) is 3.78. The van der Waals surface area contributed by atoms with Gasteiger partial charge < -0.3 is 19.8 Å². The molecule has 7 rings (SSSR count). The third kappa shape index (κ3) is 5.83. The number of nitrogens with zero attached hydrogens (tertiary/aromatic N) is 6. The normalized spacial score (nSPS) is 16.6. The summed E-state index contributed by atoms with van der Waals surface area (Å²) in [5, 5.41) is 6.60. The summed E-state index contributed by atoms with van der Waals surface area (Å²) in [6.07, 6.45) is 4.35. The second kappa shape index (κ2) is 12.5. The van der Waals surface area contributed by atoms with Crippen LogP contribution in [-0.2, 0) is 40.0 Å². The Morgan fingerprint density at radius 1 is 0.783 bits per heavy atom. The van der Waals surface area contributed by atoms with Gasteiger partial charge >= 0.3 is 0 Å². The molecular formula is C34H38Cl2N8O2. The van der Waals surface area contributed by atoms with Crippen molar-refractivity contribution in [3.8, 4) is 11.1 Å². The third-order valence-corrected chi connectivity index (χ3v) is 10.3. The summed E-state index contributed by atoms with van der Waals surface area (Å²) in [5.41, 5.74) is 6.25. The maximum Gasteiger partial charge on any atom is 0.291 e. The third-order valence-electron chi connectivity index (χ3n) is 9.52. The first-order valence-electron chi connectivity index (χ1n) is 16.0. The van der Waals surface area contributed by atoms with E-state index in [1.807, 2.05) is 47.5 Å². The van der Waals surface area contributed by atoms with Crippen molar-refractivity contribution in [1.82, 2.24) is 28.9 Å². The maximum absolute atomic E-state index is 13.5. The molecule has 1 fully saturated rings. The van der Waals surface area contributed by atoms with E-state index < -0.39 is 0 Å². The van der Waals surface area contributed by atoms with Crippen LogP contribution in [0.4, 0.5) is 11.4 Å². The van der Waals surface area contributed by atoms with E-state index in [-0.39, 0.29) is 11.8 Å². The highest BCUT2D eigenvalue weighted by Crippen LogP contribution is 2.40. The number of benzene rings is 2. The maximum atomic E-state index is 13.5. The number of rotatable bonds is 8. The monoisotopic (exact) mass is 660 g/mol. The van der Waals surface area contributed by atoms with Crippen LogP contribution in [0.1, 0.15) is 63.8 Å². The second-order valence-electron chi connectivity index (χ2n) is 12.6. The number of carbonyl (C=O) groups is 2. The smallest absolute Gasteiger partial charge is 0.291 e. The molecule has 12 heteroatoms. The lowest BCUT2D eigenvalue weighted by Gasteiger charge is -2.26. The first-order chi connectivity index (χ1) is 22.2. The van der Waals surface area contributed by atoms with Crippen LogP contribution >= 0.6 is 23.2 Å². The number of amides is 2. The quantitative estimate of drug-likeness (QED) is 0.249. The molecule has 0 atom stereocenters. The molecule has 1 aliphatic carbocycles. The standard InChI is InChI=1S/C34H38Cl2N8O2/c1-4-43-15-13-27-25(18-43)37-31(41(27)2)33(45)39-23-9-5-7-21(29(23)35)22-8-6-10-24(30(22)36)40-34(46)32-38-26-19-44(17-20-11-12-20)16-14-28(26)42(32)3/h5-10,20H,4,11-19H2,1-3H3,(H,39,45)(H,40,46). The number of nitrogens with one attached hydrogen (secondary N) is 2. The molecule has 2 aliphatic heterocycles. The predicted octanol–water partition coefficient (Wildman–Crippen LogP) is 5.78. The predicted molar refractivity (Wildman–Crippen MR) is 181 cm³/mol. The topological polar surface area (TPSA) is 100 Å². The molecule has 0 saturated heterocycles. The molecule has 2 amide bonds. The molecule has 2 N–H and O–H groups in total. The van der Waals surface area contributed by atoms with Gasteiger partial charge in [0.15, 0.2) is 11.6 Å². The molecule has 46 heavy (non-hydrogen) atoms. The van der Waals surface area contributed by atoms with Crippen molar-refractivity contribution >= 4 is 46.4 Å². The van der Waals surface area contributed by atoms with E-state index in [1.165, 1.54) is 12.8 Å². The molecule has 240 valence electrons. The fourth-order valence-corrected chi connectivity index (χ4v) is 7.24. The Balaban J connectivity index is 1.09. The van der Waals surface area contributed by atoms with Crippen molar-refractivity contribution < 1.29 is 9.59 Å². The molecule has 3 aliphatic rings. The Morgan fingerprint density at radius 2 is 1.26 bits per heavy atom. The number of aromatic nitrogens is 4. The number of fused-ring (bicyclic) bond motifs is 2. The van der Waals surface area contributed by atoms with E-state index in [2.05, 4.69) is 32.3 Å². The SMILES string of the molecule is CCN1CCc2c(nc(C(=O)Nc3cccc(-c4cccc(NC(=O)c5nc6c(n5C)CCN(CC5CC5)C6)c4Cl)c3Cl)n2C)C1. The molecule has 1 saturated carbocycles. The zero-order valence-electron chi connectivity index (χ0n) is 26.4. The molecule has 4 heterocycles. The fraction of sp³-hybridized carbons (Fsp3) is 0.412. The molecule has 2 aromatic heterocycles. The van der Waals surface area contributed by atoms with Crippen molar-refractivity contribution in [3.05, 3.63) is 80.9 Å². The second-order valence-corrected chi connectivity index (χ2v) is 13.3. The van der Waals surface area contributed by atoms with Crippen LogP contribution in [0, 0.1) is 5.92 Å². The van der Waals surface area contributed by atoms with Crippen LogP contribution < -0.4 is 10.6 Å². The summed E-state index contributed by atoms with van der Waals surface area (Å²) in [6, 6.07) is 10.8. The highest BCUT2D eigenvalue weighted by molar-refractivity contribution is 6.40. The van der Waals surface area contributed by atoms with Crippen LogP contribution in [0.15, 0.2) is 36.4 Å². The Hall–Kier alpha value is -3.70. The van der Waals surface area contributed by atoms with Crippen molar-refractivity contribution in [2.75, 3.05) is 36.8 Å². The number of halogens is 2. The first kappa shape index (κ1) is 30.9. The molecular weight excluding hydrogens is 623 g/mol. The van der Waals surface area contributed by atoms with E-state index in [1.54, 1.807) is 12.1 Å². The summed E-state index contributed by atoms with van der Waals surface area (Å²) >= 11 is 13.8. The lowest BCUT2D eigenvalue weighted by molar-refractivity contribution is 0.100. The van der Waals surface area contributed by atoms with Crippen LogP contribution in [0.3, 0.4) is 0 Å². The van der Waals surface area contributed by atoms with Gasteiger partial charge in [-0.3, -0.25) is 19.4 Å². The van der Waals surface area contributed by atoms with Crippen molar-refractivity contribution in [2.24, 2.45) is 20.0 Å². The summed E-state index contributed by atoms with van der Waals surface area (Å²) in [4.78, 5) is 41.1. The molecule has 10 nitrogen and oxygen atoms in total. The lowest BCUT2D eigenvalue weighted by Crippen LogP contribution is -2.32. The molecule has 0 bridgehead atoms. The molecule has 2 aromatic carbocycles. The van der Waals surface area contributed by atoms with E-state index in [4.69, 9.17) is 28.2 Å². The Bertz CT molecular complexity index is 1840. The van der Waals surface area contributed by atoms with Gasteiger partial charge in [0.1, 0.15) is 0 Å². The molecule has 0 unspecified atom stereocenters. The van der Waals surface area contributed by atoms with E-state index in [0.717, 1.165) is 80.8 Å².